The molecule has 0 N–H and O–H groups in total. The minimum absolute atomic E-state index is 0.236. The molecule has 0 saturated heterocycles. The first kappa shape index (κ1) is 23.4. The molecule has 4 rings (SSSR count). The molecule has 0 bridgehead atoms. The number of aromatic nitrogens is 1. The molecular weight excluding hydrogens is 481 g/mol. The van der Waals surface area contributed by atoms with Crippen molar-refractivity contribution in [2.75, 3.05) is 6.26 Å². The van der Waals surface area contributed by atoms with Crippen molar-refractivity contribution in [3.8, 4) is 21.7 Å². The van der Waals surface area contributed by atoms with Gasteiger partial charge in [0.15, 0.2) is 9.84 Å². The number of hydrogen-bond acceptors (Lipinski definition) is 5. The predicted octanol–water partition coefficient (Wildman–Crippen LogP) is 6.89. The number of rotatable bonds is 6. The summed E-state index contributed by atoms with van der Waals surface area (Å²) >= 11 is 7.66. The van der Waals surface area contributed by atoms with E-state index in [1.807, 2.05) is 19.1 Å². The van der Waals surface area contributed by atoms with Crippen molar-refractivity contribution < 1.29 is 17.5 Å². The molecule has 0 unspecified atom stereocenters. The van der Waals surface area contributed by atoms with Crippen molar-refractivity contribution in [1.29, 1.82) is 0 Å². The summed E-state index contributed by atoms with van der Waals surface area (Å²) in [7, 11) is -3.30. The zero-order valence-electron chi connectivity index (χ0n) is 18.0. The van der Waals surface area contributed by atoms with Crippen LogP contribution < -0.4 is 0 Å². The standard InChI is InChI=1S/C25H21ClFNO3S2/c1-16-3-8-19(26)14-21(13-16)31-15-23-28-24(17-4-9-20(27)10-5-17)25(32-23)18-6-11-22(12-7-18)33(2,29)30/h3-7,9-14H,8,15H2,1-2H3. The van der Waals surface area contributed by atoms with Gasteiger partial charge in [-0.15, -0.1) is 11.3 Å². The van der Waals surface area contributed by atoms with Gasteiger partial charge in [-0.05, 0) is 61.0 Å². The molecule has 3 aromatic rings. The number of hydrogen-bond donors (Lipinski definition) is 0. The zero-order chi connectivity index (χ0) is 23.6. The topological polar surface area (TPSA) is 56.3 Å². The Bertz CT molecular complexity index is 1370. The van der Waals surface area contributed by atoms with Crippen LogP contribution >= 0.6 is 22.9 Å². The first-order chi connectivity index (χ1) is 15.7. The second-order valence-electron chi connectivity index (χ2n) is 7.67. The summed E-state index contributed by atoms with van der Waals surface area (Å²) < 4.78 is 43.1. The van der Waals surface area contributed by atoms with Gasteiger partial charge in [-0.2, -0.15) is 0 Å². The van der Waals surface area contributed by atoms with Gasteiger partial charge in [-0.1, -0.05) is 35.4 Å². The molecule has 1 aliphatic rings. The highest BCUT2D eigenvalue weighted by atomic mass is 35.5. The van der Waals surface area contributed by atoms with Gasteiger partial charge in [-0.3, -0.25) is 0 Å². The fraction of sp³-hybridized carbons (Fsp3) is 0.160. The quantitative estimate of drug-likeness (QED) is 0.369. The van der Waals surface area contributed by atoms with E-state index in [0.717, 1.165) is 26.6 Å². The van der Waals surface area contributed by atoms with Crippen LogP contribution in [0.2, 0.25) is 0 Å². The maximum atomic E-state index is 13.5. The van der Waals surface area contributed by atoms with Crippen LogP contribution in [0.3, 0.4) is 0 Å². The molecular formula is C25H21ClFNO3S2. The predicted molar refractivity (Wildman–Crippen MR) is 131 cm³/mol. The number of allylic oxidation sites excluding steroid dienone is 5. The summed E-state index contributed by atoms with van der Waals surface area (Å²) in [5, 5.41) is 1.42. The number of sulfone groups is 1. The first-order valence-electron chi connectivity index (χ1n) is 10.1. The van der Waals surface area contributed by atoms with Crippen molar-refractivity contribution in [2.45, 2.75) is 24.8 Å². The van der Waals surface area contributed by atoms with E-state index >= 15 is 0 Å². The molecule has 1 aromatic heterocycles. The van der Waals surface area contributed by atoms with Gasteiger partial charge in [0.2, 0.25) is 0 Å². The lowest BCUT2D eigenvalue weighted by molar-refractivity contribution is 0.210. The van der Waals surface area contributed by atoms with Crippen molar-refractivity contribution in [3.05, 3.63) is 93.9 Å². The molecule has 0 atom stereocenters. The lowest BCUT2D eigenvalue weighted by Crippen LogP contribution is -1.96. The Balaban J connectivity index is 1.69. The molecule has 0 amide bonds. The monoisotopic (exact) mass is 501 g/mol. The third kappa shape index (κ3) is 5.79. The van der Waals surface area contributed by atoms with E-state index in [4.69, 9.17) is 21.3 Å². The molecule has 8 heteroatoms. The van der Waals surface area contributed by atoms with E-state index in [-0.39, 0.29) is 17.3 Å². The van der Waals surface area contributed by atoms with E-state index in [0.29, 0.717) is 22.9 Å². The Morgan fingerprint density at radius 2 is 1.73 bits per heavy atom. The van der Waals surface area contributed by atoms with Gasteiger partial charge >= 0.3 is 0 Å². The summed E-state index contributed by atoms with van der Waals surface area (Å²) in [6.07, 6.45) is 7.59. The van der Waals surface area contributed by atoms with Gasteiger partial charge in [0, 0.05) is 23.3 Å². The van der Waals surface area contributed by atoms with E-state index in [1.54, 1.807) is 42.5 Å². The minimum atomic E-state index is -3.30. The SMILES string of the molecule is CC1=CCC(Cl)=CC(OCc2nc(-c3ccc(F)cc3)c(-c3ccc(S(C)(=O)=O)cc3)s2)=C1. The van der Waals surface area contributed by atoms with Gasteiger partial charge < -0.3 is 4.74 Å². The average Bonchev–Trinajstić information content (AvgIpc) is 3.13. The number of thiazole rings is 1. The summed E-state index contributed by atoms with van der Waals surface area (Å²) in [6, 6.07) is 12.8. The van der Waals surface area contributed by atoms with Crippen molar-refractivity contribution in [2.24, 2.45) is 0 Å². The Morgan fingerprint density at radius 3 is 2.39 bits per heavy atom. The second-order valence-corrected chi connectivity index (χ2v) is 11.3. The smallest absolute Gasteiger partial charge is 0.175 e. The zero-order valence-corrected chi connectivity index (χ0v) is 20.4. The summed E-state index contributed by atoms with van der Waals surface area (Å²) in [6.45, 7) is 2.22. The molecule has 1 aliphatic carbocycles. The molecule has 0 fully saturated rings. The van der Waals surface area contributed by atoms with Crippen LogP contribution in [0.25, 0.3) is 21.7 Å². The number of ether oxygens (including phenoxy) is 1. The lowest BCUT2D eigenvalue weighted by Gasteiger charge is -2.05. The molecule has 0 aliphatic heterocycles. The third-order valence-corrected chi connectivity index (χ3v) is 7.45. The maximum Gasteiger partial charge on any atom is 0.175 e. The van der Waals surface area contributed by atoms with Crippen LogP contribution in [-0.2, 0) is 21.2 Å². The van der Waals surface area contributed by atoms with Crippen LogP contribution in [0.4, 0.5) is 4.39 Å². The molecule has 0 radical (unpaired) electrons. The number of halogens is 2. The lowest BCUT2D eigenvalue weighted by atomic mass is 10.1. The molecule has 0 saturated carbocycles. The van der Waals surface area contributed by atoms with Crippen molar-refractivity contribution in [1.82, 2.24) is 4.98 Å². The summed E-state index contributed by atoms with van der Waals surface area (Å²) in [5.41, 5.74) is 3.33. The van der Waals surface area contributed by atoms with E-state index in [2.05, 4.69) is 0 Å². The second kappa shape index (κ2) is 9.63. The van der Waals surface area contributed by atoms with E-state index in [9.17, 15) is 12.8 Å². The molecule has 2 aromatic carbocycles. The normalized spacial score (nSPS) is 14.2. The van der Waals surface area contributed by atoms with Gasteiger partial charge in [0.05, 0.1) is 15.5 Å². The maximum absolute atomic E-state index is 13.5. The Labute approximate surface area is 201 Å². The molecule has 1 heterocycles. The molecule has 0 spiro atoms. The highest BCUT2D eigenvalue weighted by molar-refractivity contribution is 7.90. The highest BCUT2D eigenvalue weighted by Gasteiger charge is 2.17. The third-order valence-electron chi connectivity index (χ3n) is 4.98. The van der Waals surface area contributed by atoms with Crippen molar-refractivity contribution >= 4 is 32.8 Å². The Hall–Kier alpha value is -2.74. The van der Waals surface area contributed by atoms with Crippen LogP contribution in [0.5, 0.6) is 0 Å². The van der Waals surface area contributed by atoms with Crippen molar-refractivity contribution in [3.63, 3.8) is 0 Å². The van der Waals surface area contributed by atoms with E-state index in [1.165, 1.54) is 29.7 Å². The molecule has 4 nitrogen and oxygen atoms in total. The van der Waals surface area contributed by atoms with Crippen LogP contribution in [0.15, 0.2) is 88.0 Å². The Kier molecular flexibility index (Phi) is 6.83. The van der Waals surface area contributed by atoms with Crippen LogP contribution in [-0.4, -0.2) is 19.7 Å². The Morgan fingerprint density at radius 1 is 1.06 bits per heavy atom. The fourth-order valence-electron chi connectivity index (χ4n) is 3.30. The number of benzene rings is 2. The van der Waals surface area contributed by atoms with E-state index < -0.39 is 9.84 Å². The summed E-state index contributed by atoms with van der Waals surface area (Å²) in [5.74, 6) is 0.327. The van der Waals surface area contributed by atoms with Gasteiger partial charge in [0.1, 0.15) is 23.2 Å². The van der Waals surface area contributed by atoms with Crippen LogP contribution in [0, 0.1) is 5.82 Å². The summed E-state index contributed by atoms with van der Waals surface area (Å²) in [4.78, 5) is 5.85. The first-order valence-corrected chi connectivity index (χ1v) is 13.2. The van der Waals surface area contributed by atoms with Gasteiger partial charge in [-0.25, -0.2) is 17.8 Å². The highest BCUT2D eigenvalue weighted by Crippen LogP contribution is 2.38. The molecule has 170 valence electrons. The fourth-order valence-corrected chi connectivity index (χ4v) is 5.12. The minimum Gasteiger partial charge on any atom is -0.486 e. The largest absolute Gasteiger partial charge is 0.486 e. The molecule has 33 heavy (non-hydrogen) atoms. The number of nitrogens with zero attached hydrogens (tertiary/aromatic N) is 1. The average molecular weight is 502 g/mol. The van der Waals surface area contributed by atoms with Crippen LogP contribution in [0.1, 0.15) is 18.4 Å². The van der Waals surface area contributed by atoms with Gasteiger partial charge in [0.25, 0.3) is 0 Å².